The second-order valence-electron chi connectivity index (χ2n) is 1.94. The van der Waals surface area contributed by atoms with Crippen molar-refractivity contribution >= 4 is 23.3 Å². The SMILES string of the molecule is NC(=NO)C(N)=NO.NC(=NO)C(N)=NO.[Pd]. The van der Waals surface area contributed by atoms with E-state index in [2.05, 4.69) is 20.6 Å². The molecule has 0 aliphatic heterocycles. The number of rotatable bonds is 0. The minimum atomic E-state index is -0.410. The van der Waals surface area contributed by atoms with Crippen LogP contribution in [0, 0.1) is 0 Å². The van der Waals surface area contributed by atoms with Gasteiger partial charge in [-0.1, -0.05) is 20.6 Å². The van der Waals surface area contributed by atoms with Gasteiger partial charge in [-0.2, -0.15) is 0 Å². The Morgan fingerprint density at radius 3 is 0.706 bits per heavy atom. The Balaban J connectivity index is -0.000000218. The fraction of sp³-hybridized carbons (Fsp3) is 0. The summed E-state index contributed by atoms with van der Waals surface area (Å²) in [6, 6.07) is 0. The number of hydrogen-bond donors (Lipinski definition) is 8. The summed E-state index contributed by atoms with van der Waals surface area (Å²) in [7, 11) is 0. The van der Waals surface area contributed by atoms with Crippen LogP contribution in [0.4, 0.5) is 0 Å². The van der Waals surface area contributed by atoms with E-state index in [0.717, 1.165) is 0 Å². The zero-order valence-electron chi connectivity index (χ0n) is 8.20. The van der Waals surface area contributed by atoms with Crippen molar-refractivity contribution in [1.29, 1.82) is 0 Å². The van der Waals surface area contributed by atoms with Crippen LogP contribution in [0.5, 0.6) is 0 Å². The van der Waals surface area contributed by atoms with Crippen LogP contribution in [0.25, 0.3) is 0 Å². The van der Waals surface area contributed by atoms with Crippen molar-refractivity contribution in [1.82, 2.24) is 0 Å². The van der Waals surface area contributed by atoms with Crippen LogP contribution < -0.4 is 22.9 Å². The third kappa shape index (κ3) is 10.0. The largest absolute Gasteiger partial charge is 0.409 e. The zero-order chi connectivity index (χ0) is 13.1. The van der Waals surface area contributed by atoms with Crippen LogP contribution in [-0.2, 0) is 20.4 Å². The topological polar surface area (TPSA) is 234 Å². The molecular formula is C4H12N8O4Pd. The summed E-state index contributed by atoms with van der Waals surface area (Å²) in [5.41, 5.74) is 19.2. The smallest absolute Gasteiger partial charge is 0.208 e. The van der Waals surface area contributed by atoms with Crippen molar-refractivity contribution in [3.05, 3.63) is 0 Å². The molecule has 17 heavy (non-hydrogen) atoms. The number of hydrogen-bond acceptors (Lipinski definition) is 8. The predicted octanol–water partition coefficient (Wildman–Crippen LogP) is -3.04. The molecule has 0 unspecified atom stereocenters. The molecule has 0 spiro atoms. The Kier molecular flexibility index (Phi) is 14.0. The summed E-state index contributed by atoms with van der Waals surface area (Å²) in [6.45, 7) is 0. The maximum atomic E-state index is 7.83. The van der Waals surface area contributed by atoms with Crippen LogP contribution in [0.1, 0.15) is 0 Å². The van der Waals surface area contributed by atoms with Gasteiger partial charge in [0, 0.05) is 20.4 Å². The Morgan fingerprint density at radius 1 is 0.529 bits per heavy atom. The molecule has 0 amide bonds. The number of oxime groups is 4. The van der Waals surface area contributed by atoms with Gasteiger partial charge in [-0.25, -0.2) is 0 Å². The van der Waals surface area contributed by atoms with Crippen LogP contribution in [-0.4, -0.2) is 44.2 Å². The molecule has 0 aromatic carbocycles. The van der Waals surface area contributed by atoms with E-state index in [1.54, 1.807) is 0 Å². The molecule has 0 radical (unpaired) electrons. The van der Waals surface area contributed by atoms with E-state index in [9.17, 15) is 0 Å². The minimum Gasteiger partial charge on any atom is -0.409 e. The maximum Gasteiger partial charge on any atom is 0.208 e. The van der Waals surface area contributed by atoms with Crippen molar-refractivity contribution in [3.63, 3.8) is 0 Å². The molecule has 0 aromatic rings. The fourth-order valence-electron chi connectivity index (χ4n) is 0.205. The van der Waals surface area contributed by atoms with Crippen LogP contribution in [0.15, 0.2) is 20.6 Å². The van der Waals surface area contributed by atoms with E-state index in [-0.39, 0.29) is 20.4 Å². The maximum absolute atomic E-state index is 7.83. The summed E-state index contributed by atoms with van der Waals surface area (Å²) in [6.07, 6.45) is 0. The molecule has 0 atom stereocenters. The van der Waals surface area contributed by atoms with Gasteiger partial charge in [0.15, 0.2) is 0 Å². The van der Waals surface area contributed by atoms with Crippen molar-refractivity contribution in [2.75, 3.05) is 0 Å². The second-order valence-corrected chi connectivity index (χ2v) is 1.94. The monoisotopic (exact) mass is 342 g/mol. The average Bonchev–Trinajstić information content (AvgIpc) is 2.35. The summed E-state index contributed by atoms with van der Waals surface area (Å²) in [5.74, 6) is -1.64. The van der Waals surface area contributed by atoms with E-state index in [1.165, 1.54) is 0 Å². The molecule has 0 rings (SSSR count). The third-order valence-electron chi connectivity index (χ3n) is 0.956. The Hall–Kier alpha value is -2.26. The van der Waals surface area contributed by atoms with E-state index in [0.29, 0.717) is 0 Å². The van der Waals surface area contributed by atoms with E-state index < -0.39 is 23.3 Å². The van der Waals surface area contributed by atoms with Gasteiger partial charge < -0.3 is 43.8 Å². The fourth-order valence-corrected chi connectivity index (χ4v) is 0.205. The third-order valence-corrected chi connectivity index (χ3v) is 0.956. The summed E-state index contributed by atoms with van der Waals surface area (Å²) in [5, 5.41) is 41.1. The quantitative estimate of drug-likeness (QED) is 0.0738. The molecule has 0 saturated heterocycles. The molecule has 0 bridgehead atoms. The van der Waals surface area contributed by atoms with Crippen molar-refractivity contribution in [2.24, 2.45) is 43.6 Å². The molecular weight excluding hydrogens is 331 g/mol. The average molecular weight is 343 g/mol. The van der Waals surface area contributed by atoms with E-state index in [1.807, 2.05) is 0 Å². The van der Waals surface area contributed by atoms with Gasteiger partial charge >= 0.3 is 0 Å². The minimum absolute atomic E-state index is 0. The summed E-state index contributed by atoms with van der Waals surface area (Å²) < 4.78 is 0. The predicted molar refractivity (Wildman–Crippen MR) is 53.6 cm³/mol. The first-order valence-corrected chi connectivity index (χ1v) is 3.35. The molecule has 0 heterocycles. The molecule has 0 saturated carbocycles. The molecule has 12 N–H and O–H groups in total. The van der Waals surface area contributed by atoms with Gasteiger partial charge in [0.2, 0.25) is 23.3 Å². The van der Waals surface area contributed by atoms with Gasteiger partial charge in [0.1, 0.15) is 0 Å². The molecule has 0 aliphatic rings. The molecule has 0 aliphatic carbocycles. The normalized spacial score (nSPS) is 13.2. The molecule has 0 fully saturated rings. The number of nitrogens with zero attached hydrogens (tertiary/aromatic N) is 4. The van der Waals surface area contributed by atoms with Crippen LogP contribution in [0.3, 0.4) is 0 Å². The van der Waals surface area contributed by atoms with Crippen LogP contribution >= 0.6 is 0 Å². The van der Waals surface area contributed by atoms with Crippen LogP contribution in [0.2, 0.25) is 0 Å². The van der Waals surface area contributed by atoms with Crippen molar-refractivity contribution in [2.45, 2.75) is 0 Å². The molecule has 12 nitrogen and oxygen atoms in total. The Morgan fingerprint density at radius 2 is 0.647 bits per heavy atom. The Labute approximate surface area is 109 Å². The van der Waals surface area contributed by atoms with Gasteiger partial charge in [-0.15, -0.1) is 0 Å². The first-order valence-electron chi connectivity index (χ1n) is 3.35. The molecule has 13 heteroatoms. The second kappa shape index (κ2) is 11.8. The zero-order valence-corrected chi connectivity index (χ0v) is 9.76. The number of nitrogens with two attached hydrogens (primary N) is 4. The number of amidine groups is 4. The molecule has 0 aromatic heterocycles. The van der Waals surface area contributed by atoms with Gasteiger partial charge in [0.05, 0.1) is 0 Å². The molecule has 102 valence electrons. The van der Waals surface area contributed by atoms with Gasteiger partial charge in [-0.05, 0) is 0 Å². The first kappa shape index (κ1) is 20.2. The first-order chi connectivity index (χ1) is 7.44. The van der Waals surface area contributed by atoms with Crippen molar-refractivity contribution in [3.8, 4) is 0 Å². The van der Waals surface area contributed by atoms with Gasteiger partial charge in [-0.3, -0.25) is 0 Å². The standard InChI is InChI=1S/2C2H6N4O2.Pd/c2*3-1(5-7)2(4)6-8;/h2*7-8H,(H2,3,5)(H2,4,6);. The van der Waals surface area contributed by atoms with E-state index >= 15 is 0 Å². The van der Waals surface area contributed by atoms with Crippen molar-refractivity contribution < 1.29 is 41.3 Å². The Bertz CT molecular complexity index is 261. The summed E-state index contributed by atoms with van der Waals surface area (Å²) in [4.78, 5) is 0. The van der Waals surface area contributed by atoms with Gasteiger partial charge in [0.25, 0.3) is 0 Å². The van der Waals surface area contributed by atoms with E-state index in [4.69, 9.17) is 43.8 Å². The summed E-state index contributed by atoms with van der Waals surface area (Å²) >= 11 is 0.